The molecule has 1 atom stereocenters. The Morgan fingerprint density at radius 1 is 1.40 bits per heavy atom. The first-order chi connectivity index (χ1) is 9.45. The van der Waals surface area contributed by atoms with E-state index in [1.807, 2.05) is 0 Å². The van der Waals surface area contributed by atoms with Gasteiger partial charge >= 0.3 is 12.3 Å². The zero-order valence-corrected chi connectivity index (χ0v) is 11.1. The number of hydrogen-bond acceptors (Lipinski definition) is 2. The van der Waals surface area contributed by atoms with Crippen LogP contribution in [0.5, 0.6) is 0 Å². The maximum absolute atomic E-state index is 13.2. The highest BCUT2D eigenvalue weighted by Crippen LogP contribution is 2.37. The van der Waals surface area contributed by atoms with E-state index in [4.69, 9.17) is 4.74 Å². The molecule has 0 radical (unpaired) electrons. The summed E-state index contributed by atoms with van der Waals surface area (Å²) in [5.74, 6) is 0. The van der Waals surface area contributed by atoms with Crippen LogP contribution in [0, 0.1) is 0 Å². The summed E-state index contributed by atoms with van der Waals surface area (Å²) in [6.45, 7) is 1.62. The van der Waals surface area contributed by atoms with Crippen LogP contribution in [0.2, 0.25) is 0 Å². The van der Waals surface area contributed by atoms with Gasteiger partial charge in [-0.25, -0.2) is 4.79 Å². The van der Waals surface area contributed by atoms with Crippen molar-refractivity contribution in [3.63, 3.8) is 0 Å². The van der Waals surface area contributed by atoms with Crippen LogP contribution >= 0.6 is 0 Å². The number of ether oxygens (including phenoxy) is 1. The summed E-state index contributed by atoms with van der Waals surface area (Å²) in [4.78, 5) is 12.7. The van der Waals surface area contributed by atoms with Gasteiger partial charge in [0.15, 0.2) is 0 Å². The first-order valence-electron chi connectivity index (χ1n) is 6.55. The van der Waals surface area contributed by atoms with Crippen molar-refractivity contribution in [1.82, 2.24) is 0 Å². The third-order valence-electron chi connectivity index (χ3n) is 3.33. The summed E-state index contributed by atoms with van der Waals surface area (Å²) in [5.41, 5.74) is 1.04. The van der Waals surface area contributed by atoms with Crippen LogP contribution < -0.4 is 4.90 Å². The smallest absolute Gasteiger partial charge is 0.414 e. The van der Waals surface area contributed by atoms with Crippen molar-refractivity contribution in [1.29, 1.82) is 0 Å². The second kappa shape index (κ2) is 5.73. The standard InChI is InChI=1S/C14H16F3NO2/c1-2-20-13(19)18-11-8-4-3-6-10(11)7-5-9-12(18)14(15,16)17/h3-4,6,8,12H,2,5,7,9H2,1H3. The summed E-state index contributed by atoms with van der Waals surface area (Å²) in [6.07, 6.45) is -4.61. The molecule has 0 aliphatic carbocycles. The molecule has 1 aliphatic heterocycles. The number of anilines is 1. The molecule has 0 aromatic heterocycles. The zero-order valence-electron chi connectivity index (χ0n) is 11.1. The molecule has 1 aromatic rings. The SMILES string of the molecule is CCOC(=O)N1c2ccccc2CCCC1C(F)(F)F. The summed E-state index contributed by atoms with van der Waals surface area (Å²) >= 11 is 0. The fourth-order valence-corrected chi connectivity index (χ4v) is 2.47. The highest BCUT2D eigenvalue weighted by Gasteiger charge is 2.47. The number of amides is 1. The molecule has 0 bridgehead atoms. The number of benzene rings is 1. The van der Waals surface area contributed by atoms with Crippen molar-refractivity contribution in [3.8, 4) is 0 Å². The van der Waals surface area contributed by atoms with E-state index in [2.05, 4.69) is 0 Å². The van der Waals surface area contributed by atoms with Crippen molar-refractivity contribution in [2.45, 2.75) is 38.4 Å². The molecule has 1 aromatic carbocycles. The van der Waals surface area contributed by atoms with Crippen molar-refractivity contribution in [2.24, 2.45) is 0 Å². The largest absolute Gasteiger partial charge is 0.449 e. The molecule has 0 spiro atoms. The number of halogens is 3. The zero-order chi connectivity index (χ0) is 14.8. The Morgan fingerprint density at radius 2 is 2.10 bits per heavy atom. The van der Waals surface area contributed by atoms with Crippen molar-refractivity contribution in [2.75, 3.05) is 11.5 Å². The normalized spacial score (nSPS) is 19.2. The molecule has 110 valence electrons. The summed E-state index contributed by atoms with van der Waals surface area (Å²) < 4.78 is 44.5. The molecule has 1 heterocycles. The number of nitrogens with zero attached hydrogens (tertiary/aromatic N) is 1. The van der Waals surface area contributed by atoms with E-state index in [1.54, 1.807) is 25.1 Å². The van der Waals surface area contributed by atoms with Crippen LogP contribution in [0.15, 0.2) is 24.3 Å². The van der Waals surface area contributed by atoms with Gasteiger partial charge in [0.25, 0.3) is 0 Å². The lowest BCUT2D eigenvalue weighted by Crippen LogP contribution is -2.49. The van der Waals surface area contributed by atoms with E-state index in [0.29, 0.717) is 18.5 Å². The number of fused-ring (bicyclic) bond motifs is 1. The Hall–Kier alpha value is -1.72. The van der Waals surface area contributed by atoms with Crippen LogP contribution in [0.1, 0.15) is 25.3 Å². The number of aryl methyl sites for hydroxylation is 1. The molecule has 0 N–H and O–H groups in total. The topological polar surface area (TPSA) is 29.5 Å². The molecule has 1 aliphatic rings. The quantitative estimate of drug-likeness (QED) is 0.783. The average Bonchev–Trinajstić information content (AvgIpc) is 2.57. The average molecular weight is 287 g/mol. The Labute approximate surface area is 115 Å². The fourth-order valence-electron chi connectivity index (χ4n) is 2.47. The Bertz CT molecular complexity index is 488. The van der Waals surface area contributed by atoms with Gasteiger partial charge in [-0.3, -0.25) is 4.90 Å². The van der Waals surface area contributed by atoms with Gasteiger partial charge in [0.05, 0.1) is 12.3 Å². The van der Waals surface area contributed by atoms with Gasteiger partial charge in [0, 0.05) is 0 Å². The molecule has 0 fully saturated rings. The predicted octanol–water partition coefficient (Wildman–Crippen LogP) is 3.92. The van der Waals surface area contributed by atoms with Crippen molar-refractivity contribution < 1.29 is 22.7 Å². The molecular formula is C14H16F3NO2. The van der Waals surface area contributed by atoms with E-state index in [1.165, 1.54) is 6.07 Å². The van der Waals surface area contributed by atoms with Crippen molar-refractivity contribution in [3.05, 3.63) is 29.8 Å². The van der Waals surface area contributed by atoms with Crippen LogP contribution in [-0.4, -0.2) is 24.9 Å². The van der Waals surface area contributed by atoms with Gasteiger partial charge in [-0.2, -0.15) is 13.2 Å². The second-order valence-corrected chi connectivity index (χ2v) is 4.65. The Balaban J connectivity index is 2.47. The lowest BCUT2D eigenvalue weighted by atomic mass is 10.1. The number of carbonyl (C=O) groups excluding carboxylic acids is 1. The van der Waals surface area contributed by atoms with Gasteiger partial charge in [-0.1, -0.05) is 18.2 Å². The maximum atomic E-state index is 13.2. The van der Waals surface area contributed by atoms with Crippen LogP contribution in [0.3, 0.4) is 0 Å². The Kier molecular flexibility index (Phi) is 4.20. The van der Waals surface area contributed by atoms with Crippen LogP contribution in [0.4, 0.5) is 23.7 Å². The molecule has 2 rings (SSSR count). The van der Waals surface area contributed by atoms with E-state index >= 15 is 0 Å². The molecule has 20 heavy (non-hydrogen) atoms. The Morgan fingerprint density at radius 3 is 2.75 bits per heavy atom. The lowest BCUT2D eigenvalue weighted by Gasteiger charge is -2.31. The minimum absolute atomic E-state index is 0.0437. The summed E-state index contributed by atoms with van der Waals surface area (Å²) in [5, 5.41) is 0. The van der Waals surface area contributed by atoms with Crippen LogP contribution in [0.25, 0.3) is 0 Å². The summed E-state index contributed by atoms with van der Waals surface area (Å²) in [6, 6.07) is 4.85. The first-order valence-corrected chi connectivity index (χ1v) is 6.55. The van der Waals surface area contributed by atoms with E-state index in [-0.39, 0.29) is 13.0 Å². The minimum Gasteiger partial charge on any atom is -0.449 e. The second-order valence-electron chi connectivity index (χ2n) is 4.65. The van der Waals surface area contributed by atoms with E-state index in [0.717, 1.165) is 10.5 Å². The highest BCUT2D eigenvalue weighted by atomic mass is 19.4. The number of carbonyl (C=O) groups is 1. The van der Waals surface area contributed by atoms with E-state index < -0.39 is 18.3 Å². The third kappa shape index (κ3) is 2.89. The van der Waals surface area contributed by atoms with Gasteiger partial charge in [0.2, 0.25) is 0 Å². The fraction of sp³-hybridized carbons (Fsp3) is 0.500. The molecule has 1 unspecified atom stereocenters. The first kappa shape index (κ1) is 14.7. The molecular weight excluding hydrogens is 271 g/mol. The monoisotopic (exact) mass is 287 g/mol. The molecule has 0 saturated heterocycles. The molecule has 0 saturated carbocycles. The molecule has 6 heteroatoms. The molecule has 1 amide bonds. The van der Waals surface area contributed by atoms with E-state index in [9.17, 15) is 18.0 Å². The number of para-hydroxylation sites is 1. The predicted molar refractivity (Wildman–Crippen MR) is 68.7 cm³/mol. The van der Waals surface area contributed by atoms with Crippen LogP contribution in [-0.2, 0) is 11.2 Å². The minimum atomic E-state index is -4.47. The number of alkyl halides is 3. The van der Waals surface area contributed by atoms with Crippen molar-refractivity contribution >= 4 is 11.8 Å². The number of rotatable bonds is 1. The van der Waals surface area contributed by atoms with Gasteiger partial charge in [-0.15, -0.1) is 0 Å². The lowest BCUT2D eigenvalue weighted by molar-refractivity contribution is -0.149. The van der Waals surface area contributed by atoms with Gasteiger partial charge in [0.1, 0.15) is 6.04 Å². The van der Waals surface area contributed by atoms with Gasteiger partial charge < -0.3 is 4.74 Å². The summed E-state index contributed by atoms with van der Waals surface area (Å²) in [7, 11) is 0. The highest BCUT2D eigenvalue weighted by molar-refractivity contribution is 5.89. The maximum Gasteiger partial charge on any atom is 0.414 e. The third-order valence-corrected chi connectivity index (χ3v) is 3.33. The van der Waals surface area contributed by atoms with Gasteiger partial charge in [-0.05, 0) is 37.8 Å². The number of hydrogen-bond donors (Lipinski definition) is 0. The molecule has 3 nitrogen and oxygen atoms in total.